The van der Waals surface area contributed by atoms with E-state index in [4.69, 9.17) is 5.73 Å². The molecule has 15 heavy (non-hydrogen) atoms. The van der Waals surface area contributed by atoms with Gasteiger partial charge in [0, 0.05) is 23.1 Å². The van der Waals surface area contributed by atoms with Gasteiger partial charge in [0.1, 0.15) is 0 Å². The predicted molar refractivity (Wildman–Crippen MR) is 65.2 cm³/mol. The second-order valence-corrected chi connectivity index (χ2v) is 4.15. The molecule has 1 saturated carbocycles. The predicted octanol–water partition coefficient (Wildman–Crippen LogP) is 3.00. The van der Waals surface area contributed by atoms with Crippen LogP contribution in [0.1, 0.15) is 24.4 Å². The van der Waals surface area contributed by atoms with Gasteiger partial charge >= 0.3 is 0 Å². The van der Waals surface area contributed by atoms with Crippen molar-refractivity contribution < 1.29 is 0 Å². The number of rotatable bonds is 2. The molecule has 1 fully saturated rings. The number of H-pyrrole nitrogens is 1. The molecule has 3 heteroatoms. The van der Waals surface area contributed by atoms with Crippen LogP contribution in [-0.2, 0) is 0 Å². The van der Waals surface area contributed by atoms with Gasteiger partial charge in [-0.25, -0.2) is 0 Å². The number of fused-ring (bicyclic) bond motifs is 1. The highest BCUT2D eigenvalue weighted by atomic mass is 35.5. The minimum Gasteiger partial charge on any atom is -0.361 e. The van der Waals surface area contributed by atoms with Crippen molar-refractivity contribution in [2.24, 2.45) is 11.7 Å². The van der Waals surface area contributed by atoms with E-state index in [1.807, 2.05) is 6.07 Å². The highest BCUT2D eigenvalue weighted by Crippen LogP contribution is 2.41. The molecule has 0 amide bonds. The summed E-state index contributed by atoms with van der Waals surface area (Å²) in [4.78, 5) is 3.27. The largest absolute Gasteiger partial charge is 0.361 e. The van der Waals surface area contributed by atoms with E-state index < -0.39 is 0 Å². The van der Waals surface area contributed by atoms with Crippen molar-refractivity contribution in [1.82, 2.24) is 4.98 Å². The minimum absolute atomic E-state index is 0. The summed E-state index contributed by atoms with van der Waals surface area (Å²) in [5, 5.41) is 1.28. The SMILES string of the molecule is Cl.N[C@H](c1c[nH]c2ccccc12)C1CC1. The number of hydrogen-bond donors (Lipinski definition) is 2. The fourth-order valence-corrected chi connectivity index (χ4v) is 2.08. The minimum atomic E-state index is 0. The van der Waals surface area contributed by atoms with Gasteiger partial charge in [-0.2, -0.15) is 0 Å². The van der Waals surface area contributed by atoms with E-state index in [-0.39, 0.29) is 18.4 Å². The number of nitrogens with two attached hydrogens (primary N) is 1. The third-order valence-corrected chi connectivity index (χ3v) is 3.11. The number of para-hydroxylation sites is 1. The lowest BCUT2D eigenvalue weighted by atomic mass is 10.0. The molecule has 1 aliphatic carbocycles. The average Bonchev–Trinajstić information content (AvgIpc) is 2.97. The first kappa shape index (κ1) is 10.5. The average molecular weight is 223 g/mol. The Morgan fingerprint density at radius 1 is 1.27 bits per heavy atom. The van der Waals surface area contributed by atoms with Crippen molar-refractivity contribution in [1.29, 1.82) is 0 Å². The molecule has 1 aliphatic rings. The quantitative estimate of drug-likeness (QED) is 0.806. The fraction of sp³-hybridized carbons (Fsp3) is 0.333. The number of hydrogen-bond acceptors (Lipinski definition) is 1. The molecule has 1 heterocycles. The summed E-state index contributed by atoms with van der Waals surface area (Å²) in [6.45, 7) is 0. The molecule has 2 nitrogen and oxygen atoms in total. The van der Waals surface area contributed by atoms with Crippen LogP contribution < -0.4 is 5.73 Å². The summed E-state index contributed by atoms with van der Waals surface area (Å²) in [7, 11) is 0. The molecule has 0 radical (unpaired) electrons. The van der Waals surface area contributed by atoms with E-state index in [0.717, 1.165) is 0 Å². The zero-order valence-electron chi connectivity index (χ0n) is 8.44. The summed E-state index contributed by atoms with van der Waals surface area (Å²) in [5.74, 6) is 0.717. The van der Waals surface area contributed by atoms with Gasteiger partial charge in [0.25, 0.3) is 0 Å². The Balaban J connectivity index is 0.000000853. The molecule has 1 aromatic carbocycles. The highest BCUT2D eigenvalue weighted by molar-refractivity contribution is 5.85. The number of aromatic nitrogens is 1. The zero-order chi connectivity index (χ0) is 9.54. The third kappa shape index (κ3) is 1.75. The first-order valence-electron chi connectivity index (χ1n) is 5.18. The second-order valence-electron chi connectivity index (χ2n) is 4.15. The first-order valence-corrected chi connectivity index (χ1v) is 5.18. The Labute approximate surface area is 95.3 Å². The normalized spacial score (nSPS) is 17.4. The maximum atomic E-state index is 6.19. The molecule has 1 atom stereocenters. The summed E-state index contributed by atoms with van der Waals surface area (Å²) < 4.78 is 0. The van der Waals surface area contributed by atoms with Gasteiger partial charge in [-0.1, -0.05) is 18.2 Å². The summed E-state index contributed by atoms with van der Waals surface area (Å²) in [6.07, 6.45) is 4.65. The van der Waals surface area contributed by atoms with Crippen molar-refractivity contribution in [3.05, 3.63) is 36.0 Å². The van der Waals surface area contributed by atoms with Crippen LogP contribution in [0.15, 0.2) is 30.5 Å². The van der Waals surface area contributed by atoms with E-state index in [9.17, 15) is 0 Å². The number of benzene rings is 1. The Kier molecular flexibility index (Phi) is 2.72. The van der Waals surface area contributed by atoms with Gasteiger partial charge < -0.3 is 10.7 Å². The third-order valence-electron chi connectivity index (χ3n) is 3.11. The Morgan fingerprint density at radius 2 is 2.00 bits per heavy atom. The molecule has 0 saturated heterocycles. The number of halogens is 1. The van der Waals surface area contributed by atoms with E-state index in [0.29, 0.717) is 5.92 Å². The van der Waals surface area contributed by atoms with E-state index in [1.54, 1.807) is 0 Å². The van der Waals surface area contributed by atoms with Crippen LogP contribution in [0.3, 0.4) is 0 Å². The van der Waals surface area contributed by atoms with Crippen molar-refractivity contribution in [2.75, 3.05) is 0 Å². The lowest BCUT2D eigenvalue weighted by molar-refractivity contribution is 0.638. The highest BCUT2D eigenvalue weighted by Gasteiger charge is 2.30. The Hall–Kier alpha value is -0.990. The number of nitrogens with one attached hydrogen (secondary N) is 1. The maximum Gasteiger partial charge on any atom is 0.0457 e. The van der Waals surface area contributed by atoms with Crippen LogP contribution >= 0.6 is 12.4 Å². The molecule has 0 bridgehead atoms. The van der Waals surface area contributed by atoms with Crippen molar-refractivity contribution in [3.8, 4) is 0 Å². The first-order chi connectivity index (χ1) is 6.86. The van der Waals surface area contributed by atoms with Crippen LogP contribution in [0.5, 0.6) is 0 Å². The molecule has 0 spiro atoms. The molecule has 0 unspecified atom stereocenters. The molecule has 1 aromatic heterocycles. The molecule has 80 valence electrons. The molecule has 3 N–H and O–H groups in total. The van der Waals surface area contributed by atoms with Crippen molar-refractivity contribution >= 4 is 23.3 Å². The van der Waals surface area contributed by atoms with Gasteiger partial charge in [-0.3, -0.25) is 0 Å². The van der Waals surface area contributed by atoms with Gasteiger partial charge in [0.15, 0.2) is 0 Å². The lowest BCUT2D eigenvalue weighted by Gasteiger charge is -2.08. The maximum absolute atomic E-state index is 6.19. The summed E-state index contributed by atoms with van der Waals surface area (Å²) in [5.41, 5.74) is 8.66. The smallest absolute Gasteiger partial charge is 0.0457 e. The summed E-state index contributed by atoms with van der Waals surface area (Å²) >= 11 is 0. The second kappa shape index (κ2) is 3.87. The Bertz CT molecular complexity index is 459. The van der Waals surface area contributed by atoms with Crippen LogP contribution in [-0.4, -0.2) is 4.98 Å². The number of aromatic amines is 1. The molecule has 3 rings (SSSR count). The Morgan fingerprint density at radius 3 is 2.73 bits per heavy atom. The van der Waals surface area contributed by atoms with Crippen molar-refractivity contribution in [2.45, 2.75) is 18.9 Å². The van der Waals surface area contributed by atoms with E-state index in [1.165, 1.54) is 29.3 Å². The lowest BCUT2D eigenvalue weighted by Crippen LogP contribution is -2.11. The molecular weight excluding hydrogens is 208 g/mol. The van der Waals surface area contributed by atoms with Gasteiger partial charge in [-0.05, 0) is 30.4 Å². The fourth-order valence-electron chi connectivity index (χ4n) is 2.08. The topological polar surface area (TPSA) is 41.8 Å². The van der Waals surface area contributed by atoms with Gasteiger partial charge in [0.2, 0.25) is 0 Å². The van der Waals surface area contributed by atoms with Gasteiger partial charge in [0.05, 0.1) is 0 Å². The van der Waals surface area contributed by atoms with Crippen LogP contribution in [0.2, 0.25) is 0 Å². The van der Waals surface area contributed by atoms with Crippen LogP contribution in [0, 0.1) is 5.92 Å². The van der Waals surface area contributed by atoms with E-state index in [2.05, 4.69) is 29.4 Å². The summed E-state index contributed by atoms with van der Waals surface area (Å²) in [6, 6.07) is 8.58. The van der Waals surface area contributed by atoms with E-state index >= 15 is 0 Å². The van der Waals surface area contributed by atoms with Crippen molar-refractivity contribution in [3.63, 3.8) is 0 Å². The van der Waals surface area contributed by atoms with Crippen LogP contribution in [0.4, 0.5) is 0 Å². The molecule has 0 aliphatic heterocycles. The standard InChI is InChI=1S/C12H14N2.ClH/c13-12(8-5-6-8)10-7-14-11-4-2-1-3-9(10)11;/h1-4,7-8,12,14H,5-6,13H2;1H/t12-;/m0./s1. The molecular formula is C12H15ClN2. The zero-order valence-corrected chi connectivity index (χ0v) is 9.26. The van der Waals surface area contributed by atoms with Gasteiger partial charge in [-0.15, -0.1) is 12.4 Å². The molecule has 2 aromatic rings. The van der Waals surface area contributed by atoms with Crippen LogP contribution in [0.25, 0.3) is 10.9 Å². The monoisotopic (exact) mass is 222 g/mol.